The first-order chi connectivity index (χ1) is 19.4. The Morgan fingerprint density at radius 1 is 1.00 bits per heavy atom. The van der Waals surface area contributed by atoms with E-state index in [1.807, 2.05) is 24.3 Å². The second-order valence-electron chi connectivity index (χ2n) is 10.8. The van der Waals surface area contributed by atoms with Crippen LogP contribution in [0.5, 0.6) is 23.1 Å². The Bertz CT molecular complexity index is 1260. The maximum absolute atomic E-state index is 6.44. The van der Waals surface area contributed by atoms with E-state index in [2.05, 4.69) is 54.7 Å². The summed E-state index contributed by atoms with van der Waals surface area (Å²) in [6.07, 6.45) is 2.00. The van der Waals surface area contributed by atoms with E-state index in [1.54, 1.807) is 7.11 Å². The highest BCUT2D eigenvalue weighted by molar-refractivity contribution is 8.00. The van der Waals surface area contributed by atoms with Crippen LogP contribution in [0, 0.1) is 0 Å². The number of methoxy groups -OCH3 is 1. The van der Waals surface area contributed by atoms with Gasteiger partial charge in [0.15, 0.2) is 17.3 Å². The van der Waals surface area contributed by atoms with Crippen molar-refractivity contribution in [1.82, 2.24) is 9.97 Å². The Labute approximate surface area is 240 Å². The molecule has 1 unspecified atom stereocenters. The molecule has 3 heterocycles. The third-order valence-electron chi connectivity index (χ3n) is 6.81. The second-order valence-corrected chi connectivity index (χ2v) is 11.7. The van der Waals surface area contributed by atoms with Crippen LogP contribution in [0.25, 0.3) is 0 Å². The highest BCUT2D eigenvalue weighted by Crippen LogP contribution is 2.42. The summed E-state index contributed by atoms with van der Waals surface area (Å²) in [5, 5.41) is 0. The SMILES string of the molecule is COc1ccccc1Oc1c(NSc2ccc(C(C)(C)C)cc2)nc(N2CCOCC2)nc1OCC1CCCO1. The molecule has 3 aromatic rings. The second kappa shape index (κ2) is 13.0. The molecule has 5 rings (SSSR count). The van der Waals surface area contributed by atoms with Crippen molar-refractivity contribution >= 4 is 23.7 Å². The lowest BCUT2D eigenvalue weighted by Crippen LogP contribution is -2.37. The van der Waals surface area contributed by atoms with Crippen molar-refractivity contribution in [2.45, 2.75) is 50.0 Å². The van der Waals surface area contributed by atoms with Crippen LogP contribution < -0.4 is 23.8 Å². The maximum atomic E-state index is 6.44. The van der Waals surface area contributed by atoms with Crippen LogP contribution in [0.15, 0.2) is 53.4 Å². The van der Waals surface area contributed by atoms with Gasteiger partial charge in [-0.2, -0.15) is 9.97 Å². The molecule has 214 valence electrons. The van der Waals surface area contributed by atoms with Crippen LogP contribution in [0.3, 0.4) is 0 Å². The van der Waals surface area contributed by atoms with E-state index in [4.69, 9.17) is 33.7 Å². The molecule has 2 fully saturated rings. The molecule has 0 saturated carbocycles. The highest BCUT2D eigenvalue weighted by atomic mass is 32.2. The summed E-state index contributed by atoms with van der Waals surface area (Å²) in [6, 6.07) is 16.0. The average Bonchev–Trinajstić information content (AvgIpc) is 3.50. The van der Waals surface area contributed by atoms with E-state index >= 15 is 0 Å². The number of morpholine rings is 1. The van der Waals surface area contributed by atoms with Crippen molar-refractivity contribution in [3.63, 3.8) is 0 Å². The van der Waals surface area contributed by atoms with Crippen LogP contribution in [0.1, 0.15) is 39.2 Å². The van der Waals surface area contributed by atoms with Gasteiger partial charge in [-0.25, -0.2) is 0 Å². The van der Waals surface area contributed by atoms with Crippen molar-refractivity contribution < 1.29 is 23.7 Å². The van der Waals surface area contributed by atoms with Crippen LogP contribution in [0.4, 0.5) is 11.8 Å². The molecule has 2 aliphatic rings. The van der Waals surface area contributed by atoms with Crippen LogP contribution in [0.2, 0.25) is 0 Å². The summed E-state index contributed by atoms with van der Waals surface area (Å²) >= 11 is 1.46. The summed E-state index contributed by atoms with van der Waals surface area (Å²) in [5.74, 6) is 2.94. The van der Waals surface area contributed by atoms with Crippen molar-refractivity contribution in [2.24, 2.45) is 0 Å². The van der Waals surface area contributed by atoms with Crippen molar-refractivity contribution in [3.8, 4) is 23.1 Å². The third kappa shape index (κ3) is 7.10. The number of aromatic nitrogens is 2. The lowest BCUT2D eigenvalue weighted by molar-refractivity contribution is 0.0654. The molecule has 10 heteroatoms. The molecule has 2 saturated heterocycles. The third-order valence-corrected chi connectivity index (χ3v) is 7.62. The number of hydrogen-bond acceptors (Lipinski definition) is 10. The molecule has 0 spiro atoms. The minimum Gasteiger partial charge on any atom is -0.493 e. The Balaban J connectivity index is 1.49. The molecular weight excluding hydrogens is 528 g/mol. The van der Waals surface area contributed by atoms with Gasteiger partial charge in [0.1, 0.15) is 6.61 Å². The van der Waals surface area contributed by atoms with Crippen molar-refractivity contribution in [3.05, 3.63) is 54.1 Å². The summed E-state index contributed by atoms with van der Waals surface area (Å²) in [7, 11) is 1.62. The Morgan fingerprint density at radius 3 is 2.42 bits per heavy atom. The van der Waals surface area contributed by atoms with Crippen molar-refractivity contribution in [1.29, 1.82) is 0 Å². The number of rotatable bonds is 10. The zero-order valence-electron chi connectivity index (χ0n) is 23.6. The molecule has 0 amide bonds. The first-order valence-electron chi connectivity index (χ1n) is 13.7. The van der Waals surface area contributed by atoms with Crippen LogP contribution >= 0.6 is 11.9 Å². The normalized spacial score (nSPS) is 17.5. The summed E-state index contributed by atoms with van der Waals surface area (Å²) in [4.78, 5) is 12.9. The minimum atomic E-state index is 0.0213. The van der Waals surface area contributed by atoms with E-state index in [0.29, 0.717) is 67.8 Å². The largest absolute Gasteiger partial charge is 0.493 e. The Morgan fingerprint density at radius 2 is 1.75 bits per heavy atom. The van der Waals surface area contributed by atoms with Gasteiger partial charge < -0.3 is 33.3 Å². The van der Waals surface area contributed by atoms with Gasteiger partial charge in [0.2, 0.25) is 11.7 Å². The fourth-order valence-corrected chi connectivity index (χ4v) is 5.10. The fourth-order valence-electron chi connectivity index (χ4n) is 4.47. The number of ether oxygens (including phenoxy) is 5. The Kier molecular flexibility index (Phi) is 9.18. The van der Waals surface area contributed by atoms with Gasteiger partial charge in [-0.3, -0.25) is 0 Å². The molecule has 2 aromatic carbocycles. The van der Waals surface area contributed by atoms with E-state index < -0.39 is 0 Å². The van der Waals surface area contributed by atoms with Gasteiger partial charge in [0, 0.05) is 24.6 Å². The monoisotopic (exact) mass is 566 g/mol. The number of nitrogens with zero attached hydrogens (tertiary/aromatic N) is 3. The maximum Gasteiger partial charge on any atom is 0.265 e. The first-order valence-corrected chi connectivity index (χ1v) is 14.6. The number of nitrogens with one attached hydrogen (secondary N) is 1. The zero-order chi connectivity index (χ0) is 28.0. The number of benzene rings is 2. The number of para-hydroxylation sites is 2. The average molecular weight is 567 g/mol. The van der Waals surface area contributed by atoms with Gasteiger partial charge >= 0.3 is 0 Å². The molecule has 1 N–H and O–H groups in total. The van der Waals surface area contributed by atoms with Crippen LogP contribution in [-0.2, 0) is 14.9 Å². The zero-order valence-corrected chi connectivity index (χ0v) is 24.5. The van der Waals surface area contributed by atoms with Gasteiger partial charge in [-0.1, -0.05) is 45.0 Å². The van der Waals surface area contributed by atoms with Gasteiger partial charge in [0.05, 0.1) is 26.4 Å². The lowest BCUT2D eigenvalue weighted by Gasteiger charge is -2.28. The highest BCUT2D eigenvalue weighted by Gasteiger charge is 2.26. The fraction of sp³-hybridized carbons (Fsp3) is 0.467. The molecule has 0 aliphatic carbocycles. The molecule has 0 radical (unpaired) electrons. The lowest BCUT2D eigenvalue weighted by atomic mass is 9.87. The predicted octanol–water partition coefficient (Wildman–Crippen LogP) is 6.09. The van der Waals surface area contributed by atoms with Gasteiger partial charge in [-0.05, 0) is 60.0 Å². The molecule has 9 nitrogen and oxygen atoms in total. The first kappa shape index (κ1) is 28.3. The number of anilines is 2. The standard InChI is InChI=1S/C30H38N4O5S/c1-30(2,3)21-11-13-23(14-12-21)40-33-27-26(39-25-10-6-5-9-24(25)35-4)28(38-20-22-8-7-17-37-22)32-29(31-27)34-15-18-36-19-16-34/h5-6,9-14,22H,7-8,15-20H2,1-4H3,(H,31,32,33). The molecule has 0 bridgehead atoms. The van der Waals surface area contributed by atoms with Crippen LogP contribution in [-0.4, -0.2) is 62.7 Å². The predicted molar refractivity (Wildman–Crippen MR) is 157 cm³/mol. The van der Waals surface area contributed by atoms with E-state index in [9.17, 15) is 0 Å². The molecule has 1 atom stereocenters. The van der Waals surface area contributed by atoms with Gasteiger partial charge in [-0.15, -0.1) is 0 Å². The smallest absolute Gasteiger partial charge is 0.265 e. The molecule has 2 aliphatic heterocycles. The van der Waals surface area contributed by atoms with Crippen molar-refractivity contribution in [2.75, 3.05) is 56.2 Å². The summed E-state index contributed by atoms with van der Waals surface area (Å²) < 4.78 is 33.1. The summed E-state index contributed by atoms with van der Waals surface area (Å²) in [6.45, 7) is 10.4. The number of hydrogen-bond donors (Lipinski definition) is 1. The quantitative estimate of drug-likeness (QED) is 0.291. The molecule has 40 heavy (non-hydrogen) atoms. The molecular formula is C30H38N4O5S. The minimum absolute atomic E-state index is 0.0213. The topological polar surface area (TPSA) is 87.2 Å². The van der Waals surface area contributed by atoms with E-state index in [-0.39, 0.29) is 11.5 Å². The Hall–Kier alpha value is -3.21. The van der Waals surface area contributed by atoms with E-state index in [1.165, 1.54) is 17.5 Å². The van der Waals surface area contributed by atoms with Gasteiger partial charge in [0.25, 0.3) is 5.88 Å². The van der Waals surface area contributed by atoms with E-state index in [0.717, 1.165) is 24.3 Å². The summed E-state index contributed by atoms with van der Waals surface area (Å²) in [5.41, 5.74) is 1.36. The molecule has 1 aromatic heterocycles.